The first-order valence-electron chi connectivity index (χ1n) is 19.8. The molecule has 63 heavy (non-hydrogen) atoms. The van der Waals surface area contributed by atoms with E-state index >= 15 is 0 Å². The van der Waals surface area contributed by atoms with E-state index in [9.17, 15) is 31.2 Å². The number of nitrogens with zero attached hydrogens (tertiary/aromatic N) is 2. The topological polar surface area (TPSA) is 228 Å². The number of halogens is 1. The van der Waals surface area contributed by atoms with E-state index in [0.717, 1.165) is 15.8 Å². The van der Waals surface area contributed by atoms with E-state index in [-0.39, 0.29) is 53.8 Å². The second-order valence-electron chi connectivity index (χ2n) is 14.7. The summed E-state index contributed by atoms with van der Waals surface area (Å²) < 4.78 is 64.8. The predicted octanol–water partition coefficient (Wildman–Crippen LogP) is 5.04. The van der Waals surface area contributed by atoms with Crippen LogP contribution in [0.5, 0.6) is 5.75 Å². The zero-order chi connectivity index (χ0) is 45.7. The van der Waals surface area contributed by atoms with Gasteiger partial charge in [0.15, 0.2) is 5.01 Å². The number of nitrogens with one attached hydrogen (secondary N) is 4. The molecule has 1 heterocycles. The van der Waals surface area contributed by atoms with Crippen molar-refractivity contribution in [2.24, 2.45) is 10.7 Å². The van der Waals surface area contributed by atoms with E-state index < -0.39 is 55.8 Å². The van der Waals surface area contributed by atoms with Crippen LogP contribution in [0.25, 0.3) is 0 Å². The van der Waals surface area contributed by atoms with Crippen molar-refractivity contribution in [3.05, 3.63) is 145 Å². The lowest BCUT2D eigenvalue weighted by molar-refractivity contribution is -0.130. The van der Waals surface area contributed by atoms with Gasteiger partial charge < -0.3 is 21.1 Å². The summed E-state index contributed by atoms with van der Waals surface area (Å²) in [7, 11) is -6.68. The summed E-state index contributed by atoms with van der Waals surface area (Å²) in [6, 6.07) is 22.4. The Labute approximate surface area is 380 Å². The van der Waals surface area contributed by atoms with Crippen molar-refractivity contribution < 1.29 is 36.0 Å². The first kappa shape index (κ1) is 48.6. The second-order valence-corrected chi connectivity index (χ2v) is 19.9. The fourth-order valence-electron chi connectivity index (χ4n) is 6.83. The predicted molar refractivity (Wildman–Crippen MR) is 248 cm³/mol. The van der Waals surface area contributed by atoms with Gasteiger partial charge in [-0.1, -0.05) is 88.7 Å². The summed E-state index contributed by atoms with van der Waals surface area (Å²) in [5.74, 6) is -2.13. The highest BCUT2D eigenvalue weighted by Gasteiger charge is 2.32. The fraction of sp³-hybridized carbons (Fsp3) is 0.295. The van der Waals surface area contributed by atoms with Gasteiger partial charge in [-0.3, -0.25) is 19.4 Å². The molecule has 4 aromatic carbocycles. The van der Waals surface area contributed by atoms with Crippen molar-refractivity contribution >= 4 is 70.9 Å². The number of ether oxygens (including phenoxy) is 1. The lowest BCUT2D eigenvalue weighted by Crippen LogP contribution is -2.57. The maximum Gasteiger partial charge on any atom is 0.264 e. The second kappa shape index (κ2) is 22.2. The summed E-state index contributed by atoms with van der Waals surface area (Å²) in [5, 5.41) is 7.34. The van der Waals surface area contributed by atoms with Crippen molar-refractivity contribution in [1.29, 1.82) is 0 Å². The Bertz CT molecular complexity index is 2620. The molecule has 5 rings (SSSR count). The molecule has 0 aliphatic rings. The highest BCUT2D eigenvalue weighted by molar-refractivity contribution is 9.10. The quantitative estimate of drug-likeness (QED) is 0.0285. The minimum absolute atomic E-state index is 0.00846. The molecular formula is C44H50BrN7O8S3. The number of hydrogen-bond acceptors (Lipinski definition) is 11. The fourth-order valence-corrected chi connectivity index (χ4v) is 10.5. The highest BCUT2D eigenvalue weighted by Crippen LogP contribution is 2.30. The molecule has 0 fully saturated rings. The number of benzene rings is 4. The molecule has 6 N–H and O–H groups in total. The highest BCUT2D eigenvalue weighted by atomic mass is 79.9. The molecule has 0 saturated carbocycles. The van der Waals surface area contributed by atoms with Gasteiger partial charge in [-0.25, -0.2) is 31.3 Å². The standard InChI is InChI=1S/C44H50BrN7O8S3/c1-28-24-38(60-4)29(2)30(3)40(28)63(58,59)52-44(46)48-21-11-16-35(39(53)43-47-22-23-61-43)49-41(54)36(25-32-17-19-34(45)20-18-32)50-42(55)37(26-31-12-7-5-8-13-31)51-62(56,57)27-33-14-9-6-10-15-33/h5-10,12-15,17-20,22-24,35-37,51H,11,16,21,25-27H2,1-4H3,(H,49,54)(H,50,55)(H3,46,48,52)/t35-,36-,37+/m0/s1. The third-order valence-electron chi connectivity index (χ3n) is 10.0. The molecule has 0 aliphatic carbocycles. The maximum absolute atomic E-state index is 14.3. The summed E-state index contributed by atoms with van der Waals surface area (Å²) in [5.41, 5.74) is 9.54. The van der Waals surface area contributed by atoms with Gasteiger partial charge in [-0.05, 0) is 91.6 Å². The third kappa shape index (κ3) is 14.0. The maximum atomic E-state index is 14.3. The number of carbonyl (C=O) groups excluding carboxylic acids is 3. The summed E-state index contributed by atoms with van der Waals surface area (Å²) in [6.07, 6.45) is 1.65. The van der Waals surface area contributed by atoms with Crippen LogP contribution in [0.1, 0.15) is 56.0 Å². The van der Waals surface area contributed by atoms with E-state index in [4.69, 9.17) is 10.5 Å². The number of ketones is 1. The Morgan fingerprint density at radius 1 is 0.810 bits per heavy atom. The molecule has 0 bridgehead atoms. The molecule has 1 aromatic heterocycles. The zero-order valence-corrected chi connectivity index (χ0v) is 39.2. The molecule has 0 saturated heterocycles. The lowest BCUT2D eigenvalue weighted by Gasteiger charge is -2.25. The molecule has 334 valence electrons. The molecular weight excluding hydrogens is 931 g/mol. The van der Waals surface area contributed by atoms with E-state index in [1.807, 2.05) is 0 Å². The van der Waals surface area contributed by atoms with E-state index in [2.05, 4.69) is 46.0 Å². The molecule has 0 spiro atoms. The lowest BCUT2D eigenvalue weighted by atomic mass is 10.0. The smallest absolute Gasteiger partial charge is 0.264 e. The van der Waals surface area contributed by atoms with Crippen LogP contribution >= 0.6 is 27.3 Å². The normalized spacial score (nSPS) is 13.4. The monoisotopic (exact) mass is 979 g/mol. The number of hydrogen-bond donors (Lipinski definition) is 5. The van der Waals surface area contributed by atoms with Crippen LogP contribution < -0.4 is 30.5 Å². The van der Waals surface area contributed by atoms with Crippen molar-refractivity contribution in [2.45, 2.75) is 75.2 Å². The molecule has 0 radical (unpaired) electrons. The van der Waals surface area contributed by atoms with Crippen LogP contribution in [0.15, 0.2) is 117 Å². The molecule has 2 amide bonds. The first-order chi connectivity index (χ1) is 30.0. The zero-order valence-electron chi connectivity index (χ0n) is 35.1. The van der Waals surface area contributed by atoms with Crippen LogP contribution in [0.4, 0.5) is 0 Å². The number of aryl methyl sites for hydroxylation is 1. The van der Waals surface area contributed by atoms with Crippen molar-refractivity contribution in [3.8, 4) is 5.75 Å². The largest absolute Gasteiger partial charge is 0.496 e. The Morgan fingerprint density at radius 2 is 1.40 bits per heavy atom. The van der Waals surface area contributed by atoms with Crippen LogP contribution in [0, 0.1) is 20.8 Å². The Hall–Kier alpha value is -5.47. The molecule has 5 aromatic rings. The van der Waals surface area contributed by atoms with Crippen LogP contribution in [-0.4, -0.2) is 77.2 Å². The molecule has 0 unspecified atom stereocenters. The van der Waals surface area contributed by atoms with Crippen molar-refractivity contribution in [2.75, 3.05) is 13.7 Å². The van der Waals surface area contributed by atoms with Gasteiger partial charge in [0, 0.05) is 29.0 Å². The number of rotatable bonds is 21. The number of sulfonamides is 2. The van der Waals surface area contributed by atoms with Crippen LogP contribution in [0.3, 0.4) is 0 Å². The first-order valence-corrected chi connectivity index (χ1v) is 24.6. The molecule has 19 heteroatoms. The minimum atomic E-state index is -4.13. The number of methoxy groups -OCH3 is 1. The Kier molecular flexibility index (Phi) is 17.1. The van der Waals surface area contributed by atoms with Gasteiger partial charge in [-0.2, -0.15) is 0 Å². The molecule has 15 nitrogen and oxygen atoms in total. The van der Waals surface area contributed by atoms with Gasteiger partial charge >= 0.3 is 0 Å². The van der Waals surface area contributed by atoms with Gasteiger partial charge in [0.2, 0.25) is 33.6 Å². The Balaban J connectivity index is 1.35. The van der Waals surface area contributed by atoms with Crippen LogP contribution in [-0.2, 0) is 48.2 Å². The third-order valence-corrected chi connectivity index (χ3v) is 14.3. The minimum Gasteiger partial charge on any atom is -0.496 e. The van der Waals surface area contributed by atoms with Gasteiger partial charge in [0.25, 0.3) is 10.0 Å². The van der Waals surface area contributed by atoms with Gasteiger partial charge in [0.1, 0.15) is 17.8 Å². The molecule has 0 aliphatic heterocycles. The SMILES string of the molecule is COc1cc(C)c(S(=O)(=O)NC(N)=NCCC[C@H](NC(=O)[C@H](Cc2ccc(Br)cc2)NC(=O)[C@@H](Cc2ccccc2)NS(=O)(=O)Cc2ccccc2)C(=O)c2nccs2)c(C)c1C. The van der Waals surface area contributed by atoms with E-state index in [1.54, 1.807) is 117 Å². The van der Waals surface area contributed by atoms with Gasteiger partial charge in [0.05, 0.1) is 23.8 Å². The Morgan fingerprint density at radius 3 is 2.02 bits per heavy atom. The summed E-state index contributed by atoms with van der Waals surface area (Å²) in [6.45, 7) is 5.06. The number of carbonyl (C=O) groups is 3. The van der Waals surface area contributed by atoms with Crippen LogP contribution in [0.2, 0.25) is 0 Å². The number of thiazole rings is 1. The number of nitrogens with two attached hydrogens (primary N) is 1. The summed E-state index contributed by atoms with van der Waals surface area (Å²) in [4.78, 5) is 50.7. The number of Topliss-reactive ketones (excluding diaryl/α,β-unsaturated/α-hetero) is 1. The average molecular weight is 981 g/mol. The number of aliphatic imine (C=N–C) groups is 1. The van der Waals surface area contributed by atoms with E-state index in [0.29, 0.717) is 39.1 Å². The number of guanidine groups is 1. The van der Waals surface area contributed by atoms with Crippen molar-refractivity contribution in [1.82, 2.24) is 25.1 Å². The van der Waals surface area contributed by atoms with E-state index in [1.165, 1.54) is 13.3 Å². The van der Waals surface area contributed by atoms with Gasteiger partial charge in [-0.15, -0.1) is 11.3 Å². The average Bonchev–Trinajstić information content (AvgIpc) is 3.79. The number of aromatic nitrogens is 1. The molecule has 3 atom stereocenters. The number of amides is 2. The summed E-state index contributed by atoms with van der Waals surface area (Å²) >= 11 is 4.51. The van der Waals surface area contributed by atoms with Crippen molar-refractivity contribution in [3.63, 3.8) is 0 Å².